The molecule has 0 aliphatic rings. The number of alkyl halides is 4. The van der Waals surface area contributed by atoms with Gasteiger partial charge >= 0.3 is 12.5 Å². The number of ether oxygens (including phenoxy) is 1. The first kappa shape index (κ1) is 10.6. The molecule has 0 heterocycles. The second-order valence-electron chi connectivity index (χ2n) is 2.47. The van der Waals surface area contributed by atoms with Crippen LogP contribution in [0.5, 0.6) is 11.5 Å². The Hall–Kier alpha value is -1.46. The van der Waals surface area contributed by atoms with Crippen molar-refractivity contribution in [3.05, 3.63) is 24.3 Å². The van der Waals surface area contributed by atoms with Gasteiger partial charge in [0.05, 0.1) is 0 Å². The summed E-state index contributed by atoms with van der Waals surface area (Å²) in [6, 6.07) is 4.47. The highest BCUT2D eigenvalue weighted by Crippen LogP contribution is 2.27. The van der Waals surface area contributed by atoms with Crippen LogP contribution in [0.2, 0.25) is 0 Å². The second-order valence-corrected chi connectivity index (χ2v) is 2.47. The monoisotopic (exact) mass is 210 g/mol. The molecule has 1 N–H and O–H groups in total. The zero-order valence-electron chi connectivity index (χ0n) is 6.75. The minimum Gasteiger partial charge on any atom is -0.508 e. The second kappa shape index (κ2) is 3.73. The van der Waals surface area contributed by atoms with Crippen molar-refractivity contribution in [2.24, 2.45) is 0 Å². The highest BCUT2D eigenvalue weighted by Gasteiger charge is 2.42. The van der Waals surface area contributed by atoms with Gasteiger partial charge in [-0.3, -0.25) is 0 Å². The van der Waals surface area contributed by atoms with Gasteiger partial charge in [0, 0.05) is 6.07 Å². The maximum Gasteiger partial charge on any atom is 0.457 e. The maximum atomic E-state index is 12.3. The minimum atomic E-state index is -5.06. The standard InChI is InChI=1S/C8H6F4O2/c9-7(8(10,11)12)14-6-3-1-2-5(13)4-6/h1-4,7,13H. The number of benzene rings is 1. The summed E-state index contributed by atoms with van der Waals surface area (Å²) in [5.74, 6) is -0.674. The van der Waals surface area contributed by atoms with Crippen LogP contribution in [0, 0.1) is 0 Å². The molecule has 6 heteroatoms. The van der Waals surface area contributed by atoms with Gasteiger partial charge < -0.3 is 9.84 Å². The molecule has 1 aromatic rings. The third kappa shape index (κ3) is 2.79. The molecular formula is C8H6F4O2. The predicted molar refractivity (Wildman–Crippen MR) is 39.7 cm³/mol. The number of hydrogen-bond donors (Lipinski definition) is 1. The Morgan fingerprint density at radius 1 is 1.29 bits per heavy atom. The van der Waals surface area contributed by atoms with Crippen LogP contribution in [0.3, 0.4) is 0 Å². The lowest BCUT2D eigenvalue weighted by Crippen LogP contribution is -2.29. The highest BCUT2D eigenvalue weighted by molar-refractivity contribution is 5.31. The van der Waals surface area contributed by atoms with Crippen LogP contribution in [0.25, 0.3) is 0 Å². The first-order valence-electron chi connectivity index (χ1n) is 3.56. The molecule has 1 unspecified atom stereocenters. The van der Waals surface area contributed by atoms with Crippen LogP contribution in [0.1, 0.15) is 0 Å². The van der Waals surface area contributed by atoms with Crippen LogP contribution in [0.15, 0.2) is 24.3 Å². The van der Waals surface area contributed by atoms with Gasteiger partial charge in [-0.15, -0.1) is 0 Å². The number of phenolic OH excluding ortho intramolecular Hbond substituents is 1. The molecule has 14 heavy (non-hydrogen) atoms. The van der Waals surface area contributed by atoms with E-state index in [0.29, 0.717) is 0 Å². The summed E-state index contributed by atoms with van der Waals surface area (Å²) in [6.07, 6.45) is -8.45. The van der Waals surface area contributed by atoms with Gasteiger partial charge in [0.25, 0.3) is 0 Å². The Bertz CT molecular complexity index is 310. The smallest absolute Gasteiger partial charge is 0.457 e. The molecule has 0 saturated heterocycles. The van der Waals surface area contributed by atoms with E-state index in [1.807, 2.05) is 0 Å². The number of hydrogen-bond acceptors (Lipinski definition) is 2. The molecule has 0 radical (unpaired) electrons. The number of halogens is 4. The molecule has 0 fully saturated rings. The largest absolute Gasteiger partial charge is 0.508 e. The van der Waals surface area contributed by atoms with Crippen molar-refractivity contribution >= 4 is 0 Å². The third-order valence-corrected chi connectivity index (χ3v) is 1.31. The zero-order chi connectivity index (χ0) is 10.8. The Balaban J connectivity index is 2.70. The molecule has 0 aliphatic heterocycles. The fraction of sp³-hybridized carbons (Fsp3) is 0.250. The first-order valence-corrected chi connectivity index (χ1v) is 3.56. The summed E-state index contributed by atoms with van der Waals surface area (Å²) in [5.41, 5.74) is 0. The molecule has 1 rings (SSSR count). The molecule has 0 saturated carbocycles. The van der Waals surface area contributed by atoms with E-state index >= 15 is 0 Å². The molecule has 1 aromatic carbocycles. The molecule has 0 amide bonds. The topological polar surface area (TPSA) is 29.5 Å². The van der Waals surface area contributed by atoms with E-state index in [-0.39, 0.29) is 11.5 Å². The molecule has 0 bridgehead atoms. The van der Waals surface area contributed by atoms with Crippen molar-refractivity contribution in [2.75, 3.05) is 0 Å². The lowest BCUT2D eigenvalue weighted by molar-refractivity contribution is -0.236. The van der Waals surface area contributed by atoms with Gasteiger partial charge in [-0.25, -0.2) is 0 Å². The van der Waals surface area contributed by atoms with Gasteiger partial charge in [0.1, 0.15) is 11.5 Å². The Kier molecular flexibility index (Phi) is 2.83. The summed E-state index contributed by atoms with van der Waals surface area (Å²) < 4.78 is 51.2. The van der Waals surface area contributed by atoms with Crippen LogP contribution in [0.4, 0.5) is 17.6 Å². The van der Waals surface area contributed by atoms with Crippen molar-refractivity contribution in [3.8, 4) is 11.5 Å². The van der Waals surface area contributed by atoms with Crippen molar-refractivity contribution in [1.82, 2.24) is 0 Å². The Morgan fingerprint density at radius 3 is 2.43 bits per heavy atom. The summed E-state index contributed by atoms with van der Waals surface area (Å²) in [7, 11) is 0. The Labute approximate surface area is 76.7 Å². The predicted octanol–water partition coefficient (Wildman–Crippen LogP) is 2.63. The van der Waals surface area contributed by atoms with Crippen LogP contribution >= 0.6 is 0 Å². The van der Waals surface area contributed by atoms with E-state index < -0.39 is 12.5 Å². The van der Waals surface area contributed by atoms with Crippen LogP contribution in [-0.2, 0) is 0 Å². The Morgan fingerprint density at radius 2 is 1.93 bits per heavy atom. The van der Waals surface area contributed by atoms with Gasteiger partial charge in [-0.1, -0.05) is 6.07 Å². The van der Waals surface area contributed by atoms with Crippen molar-refractivity contribution < 1.29 is 27.4 Å². The minimum absolute atomic E-state index is 0.295. The van der Waals surface area contributed by atoms with Crippen molar-refractivity contribution in [1.29, 1.82) is 0 Å². The lowest BCUT2D eigenvalue weighted by atomic mass is 10.3. The molecule has 1 atom stereocenters. The van der Waals surface area contributed by atoms with Gasteiger partial charge in [0.2, 0.25) is 0 Å². The summed E-state index contributed by atoms with van der Waals surface area (Å²) in [5, 5.41) is 8.85. The van der Waals surface area contributed by atoms with Crippen LogP contribution in [-0.4, -0.2) is 17.6 Å². The SMILES string of the molecule is Oc1cccc(OC(F)C(F)(F)F)c1. The summed E-state index contributed by atoms with van der Waals surface area (Å²) in [4.78, 5) is 0. The third-order valence-electron chi connectivity index (χ3n) is 1.31. The van der Waals surface area contributed by atoms with Gasteiger partial charge in [0.15, 0.2) is 0 Å². The average Bonchev–Trinajstić information content (AvgIpc) is 2.02. The highest BCUT2D eigenvalue weighted by atomic mass is 19.4. The van der Waals surface area contributed by atoms with E-state index in [4.69, 9.17) is 5.11 Å². The number of phenols is 1. The quantitative estimate of drug-likeness (QED) is 0.760. The fourth-order valence-electron chi connectivity index (χ4n) is 0.743. The molecule has 0 aromatic heterocycles. The van der Waals surface area contributed by atoms with E-state index in [0.717, 1.165) is 12.1 Å². The molecule has 0 aliphatic carbocycles. The van der Waals surface area contributed by atoms with E-state index in [1.165, 1.54) is 12.1 Å². The number of rotatable bonds is 2. The lowest BCUT2D eigenvalue weighted by Gasteiger charge is -2.13. The van der Waals surface area contributed by atoms with Gasteiger partial charge in [-0.2, -0.15) is 17.6 Å². The normalized spacial score (nSPS) is 13.7. The van der Waals surface area contributed by atoms with Gasteiger partial charge in [-0.05, 0) is 12.1 Å². The van der Waals surface area contributed by atoms with E-state index in [9.17, 15) is 17.6 Å². The number of aromatic hydroxyl groups is 1. The fourth-order valence-corrected chi connectivity index (χ4v) is 0.743. The summed E-state index contributed by atoms with van der Waals surface area (Å²) >= 11 is 0. The summed E-state index contributed by atoms with van der Waals surface area (Å²) in [6.45, 7) is 0. The van der Waals surface area contributed by atoms with E-state index in [1.54, 1.807) is 0 Å². The maximum absolute atomic E-state index is 12.3. The average molecular weight is 210 g/mol. The molecular weight excluding hydrogens is 204 g/mol. The van der Waals surface area contributed by atoms with Crippen molar-refractivity contribution in [2.45, 2.75) is 12.5 Å². The molecule has 2 nitrogen and oxygen atoms in total. The first-order chi connectivity index (χ1) is 6.39. The molecule has 78 valence electrons. The zero-order valence-corrected chi connectivity index (χ0v) is 6.75. The van der Waals surface area contributed by atoms with E-state index in [2.05, 4.69) is 4.74 Å². The van der Waals surface area contributed by atoms with Crippen molar-refractivity contribution in [3.63, 3.8) is 0 Å². The van der Waals surface area contributed by atoms with Crippen LogP contribution < -0.4 is 4.74 Å². The molecule has 0 spiro atoms.